The van der Waals surface area contributed by atoms with E-state index < -0.39 is 0 Å². The lowest BCUT2D eigenvalue weighted by Crippen LogP contribution is -2.09. The molecule has 0 radical (unpaired) electrons. The predicted molar refractivity (Wildman–Crippen MR) is 56.4 cm³/mol. The lowest BCUT2D eigenvalue weighted by molar-refractivity contribution is 0.199. The third-order valence-corrected chi connectivity index (χ3v) is 2.33. The first kappa shape index (κ1) is 12.1. The van der Waals surface area contributed by atoms with Crippen molar-refractivity contribution in [1.29, 1.82) is 0 Å². The van der Waals surface area contributed by atoms with Crippen LogP contribution in [0.25, 0.3) is 0 Å². The van der Waals surface area contributed by atoms with E-state index in [2.05, 4.69) is 17.2 Å². The van der Waals surface area contributed by atoms with Gasteiger partial charge in [0.2, 0.25) is 0 Å². The van der Waals surface area contributed by atoms with E-state index in [1.807, 2.05) is 4.68 Å². The average Bonchev–Trinajstić information content (AvgIpc) is 2.65. The highest BCUT2D eigenvalue weighted by atomic mass is 16.5. The monoisotopic (exact) mass is 213 g/mol. The zero-order chi connectivity index (χ0) is 11.1. The minimum atomic E-state index is -0.0504. The molecule has 1 rings (SSSR count). The number of rotatable bonds is 7. The molecule has 0 amide bonds. The standard InChI is InChI=1S/C10H19N3O2/c1-3-4-6-13-10(5-7-15-2)9(8-14)11-12-13/h14H,3-8H2,1-2H3. The summed E-state index contributed by atoms with van der Waals surface area (Å²) < 4.78 is 6.89. The Morgan fingerprint density at radius 2 is 2.27 bits per heavy atom. The van der Waals surface area contributed by atoms with Crippen molar-refractivity contribution in [2.45, 2.75) is 39.3 Å². The number of unbranched alkanes of at least 4 members (excludes halogenated alkanes) is 1. The number of ether oxygens (including phenoxy) is 1. The van der Waals surface area contributed by atoms with Crippen LogP contribution in [0.2, 0.25) is 0 Å². The fraction of sp³-hybridized carbons (Fsp3) is 0.800. The quantitative estimate of drug-likeness (QED) is 0.726. The van der Waals surface area contributed by atoms with E-state index >= 15 is 0 Å². The Hall–Kier alpha value is -0.940. The molecule has 1 aromatic heterocycles. The van der Waals surface area contributed by atoms with Crippen molar-refractivity contribution in [3.8, 4) is 0 Å². The van der Waals surface area contributed by atoms with Crippen LogP contribution < -0.4 is 0 Å². The molecule has 0 saturated heterocycles. The van der Waals surface area contributed by atoms with E-state index in [1.54, 1.807) is 7.11 Å². The molecule has 1 aromatic rings. The van der Waals surface area contributed by atoms with Crippen LogP contribution in [0.15, 0.2) is 0 Å². The van der Waals surface area contributed by atoms with Gasteiger partial charge in [0.15, 0.2) is 0 Å². The van der Waals surface area contributed by atoms with Crippen molar-refractivity contribution in [3.63, 3.8) is 0 Å². The Morgan fingerprint density at radius 1 is 1.47 bits per heavy atom. The summed E-state index contributed by atoms with van der Waals surface area (Å²) >= 11 is 0. The summed E-state index contributed by atoms with van der Waals surface area (Å²) in [4.78, 5) is 0. The first-order valence-electron chi connectivity index (χ1n) is 5.34. The molecule has 5 heteroatoms. The number of hydrogen-bond donors (Lipinski definition) is 1. The number of hydrogen-bond acceptors (Lipinski definition) is 4. The molecule has 15 heavy (non-hydrogen) atoms. The molecule has 0 bridgehead atoms. The first-order valence-corrected chi connectivity index (χ1v) is 5.34. The molecule has 0 atom stereocenters. The van der Waals surface area contributed by atoms with Crippen molar-refractivity contribution in [2.24, 2.45) is 0 Å². The maximum atomic E-state index is 9.10. The maximum Gasteiger partial charge on any atom is 0.111 e. The van der Waals surface area contributed by atoms with Gasteiger partial charge >= 0.3 is 0 Å². The van der Waals surface area contributed by atoms with Gasteiger partial charge in [-0.15, -0.1) is 5.10 Å². The Kier molecular flexibility index (Phi) is 5.28. The van der Waals surface area contributed by atoms with E-state index in [4.69, 9.17) is 9.84 Å². The highest BCUT2D eigenvalue weighted by Gasteiger charge is 2.10. The largest absolute Gasteiger partial charge is 0.390 e. The molecule has 0 aromatic carbocycles. The summed E-state index contributed by atoms with van der Waals surface area (Å²) in [5.74, 6) is 0. The molecule has 0 fully saturated rings. The van der Waals surface area contributed by atoms with E-state index in [9.17, 15) is 0 Å². The van der Waals surface area contributed by atoms with E-state index in [0.717, 1.165) is 31.5 Å². The summed E-state index contributed by atoms with van der Waals surface area (Å²) in [5, 5.41) is 17.1. The van der Waals surface area contributed by atoms with E-state index in [-0.39, 0.29) is 6.61 Å². The van der Waals surface area contributed by atoms with Crippen LogP contribution >= 0.6 is 0 Å². The van der Waals surface area contributed by atoms with Gasteiger partial charge in [0.25, 0.3) is 0 Å². The molecule has 0 saturated carbocycles. The van der Waals surface area contributed by atoms with Gasteiger partial charge in [-0.05, 0) is 6.42 Å². The zero-order valence-corrected chi connectivity index (χ0v) is 9.44. The van der Waals surface area contributed by atoms with Crippen molar-refractivity contribution in [1.82, 2.24) is 15.0 Å². The molecule has 0 spiro atoms. The number of methoxy groups -OCH3 is 1. The second-order valence-corrected chi connectivity index (χ2v) is 3.46. The second-order valence-electron chi connectivity index (χ2n) is 3.46. The van der Waals surface area contributed by atoms with Crippen molar-refractivity contribution in [3.05, 3.63) is 11.4 Å². The molecular weight excluding hydrogens is 194 g/mol. The molecule has 0 aliphatic heterocycles. The fourth-order valence-electron chi connectivity index (χ4n) is 1.45. The van der Waals surface area contributed by atoms with Crippen molar-refractivity contribution in [2.75, 3.05) is 13.7 Å². The van der Waals surface area contributed by atoms with Gasteiger partial charge in [0.05, 0.1) is 18.9 Å². The summed E-state index contributed by atoms with van der Waals surface area (Å²) in [6, 6.07) is 0. The molecule has 86 valence electrons. The lowest BCUT2D eigenvalue weighted by atomic mass is 10.2. The summed E-state index contributed by atoms with van der Waals surface area (Å²) in [7, 11) is 1.67. The minimum absolute atomic E-state index is 0.0504. The van der Waals surface area contributed by atoms with Gasteiger partial charge in [0.1, 0.15) is 5.69 Å². The van der Waals surface area contributed by atoms with Crippen LogP contribution in [0.3, 0.4) is 0 Å². The fourth-order valence-corrected chi connectivity index (χ4v) is 1.45. The third-order valence-electron chi connectivity index (χ3n) is 2.33. The number of aromatic nitrogens is 3. The lowest BCUT2D eigenvalue weighted by Gasteiger charge is -2.06. The topological polar surface area (TPSA) is 60.2 Å². The van der Waals surface area contributed by atoms with Gasteiger partial charge in [-0.1, -0.05) is 18.6 Å². The Labute approximate surface area is 90.1 Å². The normalized spacial score (nSPS) is 10.9. The van der Waals surface area contributed by atoms with Crippen LogP contribution in [-0.4, -0.2) is 33.8 Å². The predicted octanol–water partition coefficient (Wildman–Crippen LogP) is 0.759. The first-order chi connectivity index (χ1) is 7.33. The zero-order valence-electron chi connectivity index (χ0n) is 9.44. The average molecular weight is 213 g/mol. The second kappa shape index (κ2) is 6.53. The van der Waals surface area contributed by atoms with E-state index in [1.165, 1.54) is 0 Å². The van der Waals surface area contributed by atoms with Crippen LogP contribution in [0.4, 0.5) is 0 Å². The van der Waals surface area contributed by atoms with Crippen LogP contribution in [-0.2, 0) is 24.3 Å². The summed E-state index contributed by atoms with van der Waals surface area (Å²) in [6.45, 7) is 3.58. The Morgan fingerprint density at radius 3 is 2.87 bits per heavy atom. The maximum absolute atomic E-state index is 9.10. The number of aliphatic hydroxyl groups excluding tert-OH is 1. The van der Waals surface area contributed by atoms with Gasteiger partial charge in [-0.3, -0.25) is 0 Å². The highest BCUT2D eigenvalue weighted by molar-refractivity contribution is 5.09. The molecule has 5 nitrogen and oxygen atoms in total. The van der Waals surface area contributed by atoms with Gasteiger partial charge < -0.3 is 9.84 Å². The smallest absolute Gasteiger partial charge is 0.111 e. The Balaban J connectivity index is 2.70. The van der Waals surface area contributed by atoms with Gasteiger partial charge in [-0.25, -0.2) is 4.68 Å². The SMILES string of the molecule is CCCCn1nnc(CO)c1CCOC. The third kappa shape index (κ3) is 3.28. The van der Waals surface area contributed by atoms with Crippen LogP contribution in [0.5, 0.6) is 0 Å². The van der Waals surface area contributed by atoms with Crippen LogP contribution in [0.1, 0.15) is 31.2 Å². The highest BCUT2D eigenvalue weighted by Crippen LogP contribution is 2.08. The molecular formula is C10H19N3O2. The number of aliphatic hydroxyl groups is 1. The molecule has 0 unspecified atom stereocenters. The minimum Gasteiger partial charge on any atom is -0.390 e. The summed E-state index contributed by atoms with van der Waals surface area (Å²) in [5.41, 5.74) is 1.66. The number of nitrogens with zero attached hydrogens (tertiary/aromatic N) is 3. The molecule has 0 aliphatic carbocycles. The Bertz CT molecular complexity index is 286. The van der Waals surface area contributed by atoms with Crippen LogP contribution in [0, 0.1) is 0 Å². The molecule has 1 heterocycles. The molecule has 1 N–H and O–H groups in total. The van der Waals surface area contributed by atoms with Crippen molar-refractivity contribution < 1.29 is 9.84 Å². The van der Waals surface area contributed by atoms with Gasteiger partial charge in [-0.2, -0.15) is 0 Å². The number of aryl methyl sites for hydroxylation is 1. The van der Waals surface area contributed by atoms with Crippen molar-refractivity contribution >= 4 is 0 Å². The van der Waals surface area contributed by atoms with Gasteiger partial charge in [0, 0.05) is 20.1 Å². The summed E-state index contributed by atoms with van der Waals surface area (Å²) in [6.07, 6.45) is 2.95. The van der Waals surface area contributed by atoms with E-state index in [0.29, 0.717) is 12.3 Å². The molecule has 0 aliphatic rings.